The van der Waals surface area contributed by atoms with E-state index in [2.05, 4.69) is 5.32 Å². The van der Waals surface area contributed by atoms with Crippen LogP contribution in [0.5, 0.6) is 0 Å². The molecule has 5 heteroatoms. The number of hydrogen-bond acceptors (Lipinski definition) is 2. The smallest absolute Gasteiger partial charge is 0.256 e. The van der Waals surface area contributed by atoms with E-state index in [9.17, 15) is 4.79 Å². The van der Waals surface area contributed by atoms with Crippen molar-refractivity contribution in [3.63, 3.8) is 0 Å². The molecule has 3 aromatic carbocycles. The number of carbonyl (C=O) groups is 1. The largest absolute Gasteiger partial charge is 0.360 e. The standard InChI is InChI=1S/C21H16Cl2N2O/c22-15-10-11-19(18(23)12-15)24-20-16-8-4-5-9-17(16)21(26)25(20)13-14-6-2-1-3-7-14/h1-12,20,24H,13H2/t20-/m1/s1. The molecule has 0 unspecified atom stereocenters. The third-order valence-corrected chi connectivity index (χ3v) is 5.03. The SMILES string of the molecule is O=C1c2ccccc2[C@H](Nc2ccc(Cl)cc2Cl)N1Cc1ccccc1. The van der Waals surface area contributed by atoms with Crippen LogP contribution in [-0.4, -0.2) is 10.8 Å². The molecule has 0 fully saturated rings. The van der Waals surface area contributed by atoms with E-state index in [4.69, 9.17) is 23.2 Å². The summed E-state index contributed by atoms with van der Waals surface area (Å²) in [5.74, 6) is 0.00652. The molecule has 1 heterocycles. The van der Waals surface area contributed by atoms with E-state index in [1.54, 1.807) is 12.1 Å². The minimum Gasteiger partial charge on any atom is -0.360 e. The predicted molar refractivity (Wildman–Crippen MR) is 106 cm³/mol. The van der Waals surface area contributed by atoms with Crippen LogP contribution >= 0.6 is 23.2 Å². The summed E-state index contributed by atoms with van der Waals surface area (Å²) in [4.78, 5) is 14.8. The second-order valence-corrected chi connectivity index (χ2v) is 7.02. The number of hydrogen-bond donors (Lipinski definition) is 1. The van der Waals surface area contributed by atoms with Gasteiger partial charge in [0.2, 0.25) is 0 Å². The predicted octanol–water partition coefficient (Wildman–Crippen LogP) is 5.76. The van der Waals surface area contributed by atoms with Crippen molar-refractivity contribution in [3.8, 4) is 0 Å². The Kier molecular flexibility index (Phi) is 4.58. The maximum Gasteiger partial charge on any atom is 0.256 e. The molecule has 0 spiro atoms. The quantitative estimate of drug-likeness (QED) is 0.621. The van der Waals surface area contributed by atoms with Crippen molar-refractivity contribution in [3.05, 3.63) is 99.5 Å². The zero-order chi connectivity index (χ0) is 18.1. The first-order valence-corrected chi connectivity index (χ1v) is 9.04. The molecule has 1 aliphatic rings. The second-order valence-electron chi connectivity index (χ2n) is 6.18. The summed E-state index contributed by atoms with van der Waals surface area (Å²) in [6.45, 7) is 0.511. The van der Waals surface area contributed by atoms with Crippen LogP contribution in [0.25, 0.3) is 0 Å². The van der Waals surface area contributed by atoms with Gasteiger partial charge in [0.1, 0.15) is 6.17 Å². The van der Waals surface area contributed by atoms with E-state index in [0.29, 0.717) is 22.2 Å². The molecule has 3 aromatic rings. The molecule has 0 aliphatic carbocycles. The number of benzene rings is 3. The highest BCUT2D eigenvalue weighted by Gasteiger charge is 2.36. The van der Waals surface area contributed by atoms with Crippen molar-refractivity contribution >= 4 is 34.8 Å². The Balaban J connectivity index is 1.71. The molecule has 0 aromatic heterocycles. The Labute approximate surface area is 162 Å². The zero-order valence-electron chi connectivity index (χ0n) is 13.8. The van der Waals surface area contributed by atoms with Gasteiger partial charge in [0.15, 0.2) is 0 Å². The van der Waals surface area contributed by atoms with Crippen LogP contribution in [0.1, 0.15) is 27.7 Å². The van der Waals surface area contributed by atoms with E-state index in [1.165, 1.54) is 0 Å². The molecule has 0 radical (unpaired) electrons. The highest BCUT2D eigenvalue weighted by Crippen LogP contribution is 2.37. The number of nitrogens with zero attached hydrogens (tertiary/aromatic N) is 1. The average Bonchev–Trinajstić information content (AvgIpc) is 2.91. The lowest BCUT2D eigenvalue weighted by Crippen LogP contribution is -2.31. The van der Waals surface area contributed by atoms with Gasteiger partial charge in [-0.15, -0.1) is 0 Å². The second kappa shape index (κ2) is 7.02. The maximum atomic E-state index is 13.0. The number of halogens is 2. The number of anilines is 1. The van der Waals surface area contributed by atoms with Crippen LogP contribution in [0.15, 0.2) is 72.8 Å². The van der Waals surface area contributed by atoms with E-state index < -0.39 is 0 Å². The first-order valence-electron chi connectivity index (χ1n) is 8.29. The first kappa shape index (κ1) is 17.0. The summed E-state index contributed by atoms with van der Waals surface area (Å²) < 4.78 is 0. The molecule has 0 saturated heterocycles. The molecule has 1 atom stereocenters. The van der Waals surface area contributed by atoms with Gasteiger partial charge >= 0.3 is 0 Å². The van der Waals surface area contributed by atoms with Gasteiger partial charge in [-0.25, -0.2) is 0 Å². The summed E-state index contributed by atoms with van der Waals surface area (Å²) in [5, 5.41) is 4.50. The van der Waals surface area contributed by atoms with Gasteiger partial charge in [-0.1, -0.05) is 71.7 Å². The van der Waals surface area contributed by atoms with E-state index in [0.717, 1.165) is 16.8 Å². The Morgan fingerprint density at radius 2 is 1.65 bits per heavy atom. The van der Waals surface area contributed by atoms with E-state index >= 15 is 0 Å². The highest BCUT2D eigenvalue weighted by atomic mass is 35.5. The van der Waals surface area contributed by atoms with Crippen molar-refractivity contribution in [1.29, 1.82) is 0 Å². The minimum atomic E-state index is -0.294. The minimum absolute atomic E-state index is 0.00652. The number of amides is 1. The van der Waals surface area contributed by atoms with Gasteiger partial charge in [0, 0.05) is 22.7 Å². The van der Waals surface area contributed by atoms with Crippen molar-refractivity contribution in [2.75, 3.05) is 5.32 Å². The van der Waals surface area contributed by atoms with E-state index in [-0.39, 0.29) is 12.1 Å². The van der Waals surface area contributed by atoms with Crippen LogP contribution in [0.4, 0.5) is 5.69 Å². The summed E-state index contributed by atoms with van der Waals surface area (Å²) >= 11 is 12.3. The summed E-state index contributed by atoms with van der Waals surface area (Å²) in [6.07, 6.45) is -0.294. The molecule has 130 valence electrons. The lowest BCUT2D eigenvalue weighted by atomic mass is 10.1. The highest BCUT2D eigenvalue weighted by molar-refractivity contribution is 6.36. The molecule has 0 bridgehead atoms. The van der Waals surface area contributed by atoms with Crippen LogP contribution < -0.4 is 5.32 Å². The summed E-state index contributed by atoms with van der Waals surface area (Å²) in [5.41, 5.74) is 3.47. The van der Waals surface area contributed by atoms with Crippen LogP contribution in [0.2, 0.25) is 10.0 Å². The van der Waals surface area contributed by atoms with Gasteiger partial charge in [-0.3, -0.25) is 4.79 Å². The van der Waals surface area contributed by atoms with Crippen molar-refractivity contribution in [2.45, 2.75) is 12.7 Å². The van der Waals surface area contributed by atoms with E-state index in [1.807, 2.05) is 65.6 Å². The molecule has 26 heavy (non-hydrogen) atoms. The first-order chi connectivity index (χ1) is 12.6. The molecule has 1 aliphatic heterocycles. The molecular formula is C21H16Cl2N2O. The summed E-state index contributed by atoms with van der Waals surface area (Å²) in [7, 11) is 0. The Hall–Kier alpha value is -2.49. The van der Waals surface area contributed by atoms with Gasteiger partial charge in [0.25, 0.3) is 5.91 Å². The van der Waals surface area contributed by atoms with Crippen LogP contribution in [0, 0.1) is 0 Å². The topological polar surface area (TPSA) is 32.3 Å². The lowest BCUT2D eigenvalue weighted by molar-refractivity contribution is 0.0729. The van der Waals surface area contributed by atoms with Gasteiger partial charge in [0.05, 0.1) is 10.7 Å². The van der Waals surface area contributed by atoms with Crippen molar-refractivity contribution in [2.24, 2.45) is 0 Å². The fraction of sp³-hybridized carbons (Fsp3) is 0.0952. The number of nitrogens with one attached hydrogen (secondary N) is 1. The Morgan fingerprint density at radius 3 is 2.42 bits per heavy atom. The fourth-order valence-corrected chi connectivity index (χ4v) is 3.69. The van der Waals surface area contributed by atoms with Gasteiger partial charge in [-0.05, 0) is 29.8 Å². The normalized spacial score (nSPS) is 15.8. The third kappa shape index (κ3) is 3.16. The average molecular weight is 383 g/mol. The van der Waals surface area contributed by atoms with Crippen molar-refractivity contribution < 1.29 is 4.79 Å². The number of rotatable bonds is 4. The fourth-order valence-electron chi connectivity index (χ4n) is 3.22. The molecule has 3 nitrogen and oxygen atoms in total. The Bertz CT molecular complexity index is 959. The molecule has 1 N–H and O–H groups in total. The molecule has 1 amide bonds. The maximum absolute atomic E-state index is 13.0. The van der Waals surface area contributed by atoms with Gasteiger partial charge in [-0.2, -0.15) is 0 Å². The number of fused-ring (bicyclic) bond motifs is 1. The van der Waals surface area contributed by atoms with Crippen LogP contribution in [-0.2, 0) is 6.54 Å². The van der Waals surface area contributed by atoms with Crippen molar-refractivity contribution in [1.82, 2.24) is 4.90 Å². The lowest BCUT2D eigenvalue weighted by Gasteiger charge is -2.27. The zero-order valence-corrected chi connectivity index (χ0v) is 15.3. The van der Waals surface area contributed by atoms with Gasteiger partial charge < -0.3 is 10.2 Å². The Morgan fingerprint density at radius 1 is 0.923 bits per heavy atom. The molecule has 4 rings (SSSR count). The molecular weight excluding hydrogens is 367 g/mol. The monoisotopic (exact) mass is 382 g/mol. The molecule has 0 saturated carbocycles. The third-order valence-electron chi connectivity index (χ3n) is 4.48. The van der Waals surface area contributed by atoms with Crippen LogP contribution in [0.3, 0.4) is 0 Å². The number of carbonyl (C=O) groups excluding carboxylic acids is 1. The summed E-state index contributed by atoms with van der Waals surface area (Å²) in [6, 6.07) is 22.9.